The molecule has 0 fully saturated rings. The molecule has 0 bridgehead atoms. The Morgan fingerprint density at radius 3 is 0.667 bits per heavy atom. The van der Waals surface area contributed by atoms with Gasteiger partial charge in [-0.3, -0.25) is 0 Å². The zero-order valence-corrected chi connectivity index (χ0v) is 15.9. The third-order valence-corrected chi connectivity index (χ3v) is 0. The van der Waals surface area contributed by atoms with Crippen LogP contribution in [-0.4, -0.2) is 0 Å². The Morgan fingerprint density at radius 1 is 0.667 bits per heavy atom. The fourth-order valence-electron chi connectivity index (χ4n) is 0. The van der Waals surface area contributed by atoms with E-state index in [1.807, 2.05) is 0 Å². The van der Waals surface area contributed by atoms with Gasteiger partial charge in [0.2, 0.25) is 0 Å². The molecule has 115 valence electrons. The Morgan fingerprint density at radius 2 is 0.667 bits per heavy atom. The maximum absolute atomic E-state index is 10.1. The zero-order valence-electron chi connectivity index (χ0n) is 13.9. The monoisotopic (exact) mass is 345 g/mol. The van der Waals surface area contributed by atoms with Crippen LogP contribution in [0.3, 0.4) is 0 Å². The molecule has 1 nitrogen and oxygen atoms in total. The Labute approximate surface area is 125 Å². The van der Waals surface area contributed by atoms with Gasteiger partial charge in [-0.05, 0) is 0 Å². The Balaban J connectivity index is -0.0000000739. The quantitative estimate of drug-likeness (QED) is 0.393. The molecule has 3 heteroatoms. The summed E-state index contributed by atoms with van der Waals surface area (Å²) in [5.41, 5.74) is 0.750. The van der Waals surface area contributed by atoms with Gasteiger partial charge in [-0.25, -0.2) is 0 Å². The molecule has 0 aliphatic heterocycles. The first-order chi connectivity index (χ1) is 7.41. The van der Waals surface area contributed by atoms with E-state index in [1.165, 1.54) is 0 Å². The summed E-state index contributed by atoms with van der Waals surface area (Å²) in [6.45, 7) is 30.0. The van der Waals surface area contributed by atoms with Gasteiger partial charge >= 0.3 is 26.0 Å². The minimum atomic E-state index is -1.78. The second-order valence-corrected chi connectivity index (χ2v) is 8.14. The van der Waals surface area contributed by atoms with Crippen molar-refractivity contribution in [3.63, 3.8) is 0 Å². The molecule has 0 spiro atoms. The van der Waals surface area contributed by atoms with E-state index in [4.69, 9.17) is 3.91 Å². The van der Waals surface area contributed by atoms with Crippen LogP contribution >= 0.6 is 0 Å². The number of rotatable bonds is 0. The summed E-state index contributed by atoms with van der Waals surface area (Å²) < 4.78 is 15.8. The summed E-state index contributed by atoms with van der Waals surface area (Å²) in [6, 6.07) is 0. The molecule has 1 N–H and O–H groups in total. The van der Waals surface area contributed by atoms with E-state index in [9.17, 15) is 3.16 Å². The van der Waals surface area contributed by atoms with Crippen molar-refractivity contribution in [2.24, 2.45) is 16.2 Å². The molecule has 0 amide bonds. The molecule has 0 saturated heterocycles. The molecule has 0 saturated carbocycles. The fraction of sp³-hybridized carbons (Fsp3) is 0.800. The van der Waals surface area contributed by atoms with E-state index in [0.717, 1.165) is 0 Å². The van der Waals surface area contributed by atoms with Crippen LogP contribution in [0.15, 0.2) is 0 Å². The first-order valence-corrected chi connectivity index (χ1v) is 7.68. The Bertz CT molecular complexity index is 124. The third kappa shape index (κ3) is 22300. The van der Waals surface area contributed by atoms with Crippen molar-refractivity contribution in [1.29, 1.82) is 3.91 Å². The van der Waals surface area contributed by atoms with Crippen LogP contribution in [0.1, 0.15) is 62.3 Å². The molecule has 0 rings (SSSR count). The molecule has 0 atom stereocenters. The number of nitrogens with one attached hydrogen (secondary N) is 1. The molecule has 0 aromatic carbocycles. The molecule has 0 aliphatic carbocycles. The van der Waals surface area contributed by atoms with Crippen molar-refractivity contribution in [2.75, 3.05) is 0 Å². The number of hydrogen-bond acceptors (Lipinski definition) is 1. The van der Waals surface area contributed by atoms with Gasteiger partial charge in [0.05, 0.1) is 0 Å². The van der Waals surface area contributed by atoms with Crippen LogP contribution < -0.4 is 0 Å². The predicted octanol–water partition coefficient (Wildman–Crippen LogP) is 6.32. The second kappa shape index (κ2) is 12.5. The van der Waals surface area contributed by atoms with Crippen molar-refractivity contribution >= 4 is 0 Å². The predicted molar refractivity (Wildman–Crippen MR) is 78.3 cm³/mol. The van der Waals surface area contributed by atoms with E-state index in [0.29, 0.717) is 0 Å². The molecule has 0 heterocycles. The van der Waals surface area contributed by atoms with Gasteiger partial charge in [-0.2, -0.15) is 16.2 Å². The van der Waals surface area contributed by atoms with Gasteiger partial charge in [0, 0.05) is 0 Å². The van der Waals surface area contributed by atoms with Crippen molar-refractivity contribution in [1.82, 2.24) is 0 Å². The van der Waals surface area contributed by atoms with Crippen LogP contribution in [0, 0.1) is 40.9 Å². The molecule has 0 aromatic heterocycles. The maximum atomic E-state index is 10.1. The number of halogens is 1. The summed E-state index contributed by atoms with van der Waals surface area (Å²) in [4.78, 5) is 0. The average Bonchev–Trinajstić information content (AvgIpc) is 1.71. The molecule has 0 aliphatic rings. The van der Waals surface area contributed by atoms with E-state index in [1.54, 1.807) is 0 Å². The van der Waals surface area contributed by atoms with Crippen LogP contribution in [0.4, 0.5) is 3.16 Å². The van der Waals surface area contributed by atoms with Crippen LogP contribution in [0.2, 0.25) is 0 Å². The van der Waals surface area contributed by atoms with Crippen LogP contribution in [-0.2, 0) is 18.9 Å². The van der Waals surface area contributed by atoms with Crippen molar-refractivity contribution < 1.29 is 22.1 Å². The summed E-state index contributed by atoms with van der Waals surface area (Å²) in [5, 5.41) is 0. The van der Waals surface area contributed by atoms with E-state index in [-0.39, 0.29) is 16.2 Å². The third-order valence-electron chi connectivity index (χ3n) is 0. The van der Waals surface area contributed by atoms with Crippen LogP contribution in [0.5, 0.6) is 0 Å². The Hall–Kier alpha value is 0.418. The van der Waals surface area contributed by atoms with Gasteiger partial charge in [0.25, 0.3) is 0 Å². The first-order valence-electron chi connectivity index (χ1n) is 5.92. The summed E-state index contributed by atoms with van der Waals surface area (Å²) >= 11 is -1.78. The van der Waals surface area contributed by atoms with Gasteiger partial charge in [-0.15, -0.1) is 0 Å². The summed E-state index contributed by atoms with van der Waals surface area (Å²) in [5.74, 6) is 0. The average molecular weight is 343 g/mol. The fourth-order valence-corrected chi connectivity index (χ4v) is 0. The molecule has 0 radical (unpaired) electrons. The van der Waals surface area contributed by atoms with E-state index >= 15 is 0 Å². The second-order valence-electron chi connectivity index (χ2n) is 7.76. The zero-order chi connectivity index (χ0) is 16.2. The van der Waals surface area contributed by atoms with Crippen molar-refractivity contribution in [2.45, 2.75) is 62.3 Å². The van der Waals surface area contributed by atoms with Crippen molar-refractivity contribution in [3.8, 4) is 0 Å². The van der Waals surface area contributed by atoms with E-state index in [2.05, 4.69) is 83.1 Å². The van der Waals surface area contributed by atoms with Gasteiger partial charge in [0.15, 0.2) is 0 Å². The summed E-state index contributed by atoms with van der Waals surface area (Å²) in [7, 11) is 0. The molecule has 0 aromatic rings. The molecule has 0 unspecified atom stereocenters. The van der Waals surface area contributed by atoms with Crippen LogP contribution in [0.25, 0.3) is 0 Å². The normalized spacial score (nSPS) is 10.7. The van der Waals surface area contributed by atoms with Crippen molar-refractivity contribution in [3.05, 3.63) is 20.8 Å². The minimum absolute atomic E-state index is 0.250. The standard InChI is InChI=1S/3C5H11.FH.Mo.HN/c3*1-5(2,3)4;;;/h3*1H2,2-4H3;1H;;1H/q3*-1;;+1;/p-1. The molecular formula is C15H34FMoN-3. The Kier molecular flexibility index (Phi) is 18.6. The topological polar surface area (TPSA) is 23.9 Å². The first kappa shape index (κ1) is 26.9. The van der Waals surface area contributed by atoms with E-state index < -0.39 is 18.9 Å². The SMILES string of the molecule is [CH2-]C(C)(C)C.[CH2-]C(C)(C)C.[CH2-]C(C)(C)C.[NH]=[Mo][F]. The summed E-state index contributed by atoms with van der Waals surface area (Å²) in [6.07, 6.45) is 0. The molecule has 18 heavy (non-hydrogen) atoms. The molecular weight excluding hydrogens is 309 g/mol. The van der Waals surface area contributed by atoms with Gasteiger partial charge in [0.1, 0.15) is 0 Å². The number of hydrogen-bond donors (Lipinski definition) is 1. The van der Waals surface area contributed by atoms with Gasteiger partial charge in [-0.1, -0.05) is 62.3 Å². The van der Waals surface area contributed by atoms with Gasteiger partial charge < -0.3 is 20.8 Å².